The summed E-state index contributed by atoms with van der Waals surface area (Å²) in [7, 11) is -4.28. The topological polar surface area (TPSA) is 87.2 Å². The molecule has 0 aromatic heterocycles. The van der Waals surface area contributed by atoms with Crippen LogP contribution in [0.25, 0.3) is 0 Å². The molecule has 0 spiro atoms. The molecule has 2 aromatic rings. The molecule has 1 aliphatic heterocycles. The summed E-state index contributed by atoms with van der Waals surface area (Å²) in [6.45, 7) is 9.60. The van der Waals surface area contributed by atoms with E-state index in [1.54, 1.807) is 36.1 Å². The normalized spacial score (nSPS) is 15.3. The number of carbonyl (C=O) groups is 1. The number of rotatable bonds is 8. The minimum atomic E-state index is -4.28. The quantitative estimate of drug-likeness (QED) is 0.480. The van der Waals surface area contributed by atoms with Crippen molar-refractivity contribution >= 4 is 32.0 Å². The maximum atomic E-state index is 13.7. The number of ether oxygens (including phenoxy) is 1. The Hall–Kier alpha value is -2.01. The second-order valence-corrected chi connectivity index (χ2v) is 12.6. The van der Waals surface area contributed by atoms with E-state index < -0.39 is 14.9 Å². The molecule has 1 saturated heterocycles. The van der Waals surface area contributed by atoms with Crippen LogP contribution in [0.1, 0.15) is 36.1 Å². The second kappa shape index (κ2) is 10.9. The molecule has 3 rings (SSSR count). The van der Waals surface area contributed by atoms with Crippen molar-refractivity contribution in [2.24, 2.45) is 0 Å². The molecule has 0 saturated carbocycles. The predicted octanol–water partition coefficient (Wildman–Crippen LogP) is 4.14. The predicted molar refractivity (Wildman–Crippen MR) is 137 cm³/mol. The van der Waals surface area contributed by atoms with E-state index in [0.29, 0.717) is 49.6 Å². The van der Waals surface area contributed by atoms with Gasteiger partial charge >= 0.3 is 0 Å². The van der Waals surface area contributed by atoms with Crippen molar-refractivity contribution < 1.29 is 26.9 Å². The lowest BCUT2D eigenvalue weighted by molar-refractivity contribution is -0.135. The van der Waals surface area contributed by atoms with Crippen molar-refractivity contribution in [2.45, 2.75) is 45.4 Å². The summed E-state index contributed by atoms with van der Waals surface area (Å²) in [4.78, 5) is 16.8. The van der Waals surface area contributed by atoms with Gasteiger partial charge in [0.2, 0.25) is 0 Å². The van der Waals surface area contributed by atoms with Crippen molar-refractivity contribution in [3.05, 3.63) is 62.9 Å². The van der Waals surface area contributed by atoms with Gasteiger partial charge in [-0.1, -0.05) is 22.0 Å². The zero-order valence-electron chi connectivity index (χ0n) is 20.5. The molecule has 35 heavy (non-hydrogen) atoms. The lowest BCUT2D eigenvalue weighted by atomic mass is 10.0. The number of aryl methyl sites for hydroxylation is 2. The van der Waals surface area contributed by atoms with E-state index in [-0.39, 0.29) is 24.8 Å². The molecule has 0 bridgehead atoms. The zero-order chi connectivity index (χ0) is 26.0. The third-order valence-electron chi connectivity index (χ3n) is 6.42. The lowest BCUT2D eigenvalue weighted by Crippen LogP contribution is -2.49. The highest BCUT2D eigenvalue weighted by Gasteiger charge is 2.34. The van der Waals surface area contributed by atoms with Crippen LogP contribution in [-0.2, 0) is 27.9 Å². The molecule has 0 aliphatic carbocycles. The molecule has 0 unspecified atom stereocenters. The first-order valence-corrected chi connectivity index (χ1v) is 13.6. The van der Waals surface area contributed by atoms with Crippen LogP contribution in [-0.4, -0.2) is 66.2 Å². The average molecular weight is 572 g/mol. The number of carbonyl (C=O) groups excluding carboxylic acids is 1. The van der Waals surface area contributed by atoms with Crippen LogP contribution < -0.4 is 4.74 Å². The van der Waals surface area contributed by atoms with Crippen LogP contribution in [0.15, 0.2) is 34.8 Å². The highest BCUT2D eigenvalue weighted by molar-refractivity contribution is 9.10. The van der Waals surface area contributed by atoms with Crippen LogP contribution >= 0.6 is 15.9 Å². The molecule has 1 aliphatic rings. The fourth-order valence-electron chi connectivity index (χ4n) is 4.01. The first kappa shape index (κ1) is 27.6. The number of piperazine rings is 1. The van der Waals surface area contributed by atoms with Crippen LogP contribution in [0.2, 0.25) is 0 Å². The van der Waals surface area contributed by atoms with E-state index in [2.05, 4.69) is 20.8 Å². The van der Waals surface area contributed by atoms with Crippen molar-refractivity contribution in [3.8, 4) is 5.75 Å². The number of hydrogen-bond donors (Lipinski definition) is 1. The van der Waals surface area contributed by atoms with Crippen molar-refractivity contribution in [3.63, 3.8) is 0 Å². The van der Waals surface area contributed by atoms with Gasteiger partial charge in [-0.15, -0.1) is 0 Å². The molecule has 1 heterocycles. The van der Waals surface area contributed by atoms with E-state index in [0.717, 1.165) is 15.6 Å². The summed E-state index contributed by atoms with van der Waals surface area (Å²) < 4.78 is 51.9. The van der Waals surface area contributed by atoms with E-state index in [1.165, 1.54) is 13.8 Å². The summed E-state index contributed by atoms with van der Waals surface area (Å²) in [5.41, 5.74) is 3.21. The van der Waals surface area contributed by atoms with Crippen molar-refractivity contribution in [2.75, 3.05) is 32.8 Å². The Morgan fingerprint density at radius 2 is 1.74 bits per heavy atom. The number of benzene rings is 2. The van der Waals surface area contributed by atoms with E-state index in [4.69, 9.17) is 4.74 Å². The lowest BCUT2D eigenvalue weighted by Gasteiger charge is -2.35. The van der Waals surface area contributed by atoms with Gasteiger partial charge in [0, 0.05) is 37.2 Å². The zero-order valence-corrected chi connectivity index (χ0v) is 22.9. The number of halogens is 2. The molecule has 0 atom stereocenters. The van der Waals surface area contributed by atoms with Crippen LogP contribution in [0.5, 0.6) is 5.75 Å². The molecule has 2 aromatic carbocycles. The van der Waals surface area contributed by atoms with Crippen LogP contribution in [0.3, 0.4) is 0 Å². The minimum Gasteiger partial charge on any atom is -0.483 e. The minimum absolute atomic E-state index is 0.0236. The first-order chi connectivity index (χ1) is 16.3. The SMILES string of the molecule is Cc1cc(CN2CCN(C(=O)COc3ccc(Br)cc3CC(C)(C)S(=O)(=O)O)CC2)c(C)cc1F. The van der Waals surface area contributed by atoms with Gasteiger partial charge in [-0.05, 0) is 80.6 Å². The average Bonchev–Trinajstić information content (AvgIpc) is 2.76. The maximum Gasteiger partial charge on any atom is 0.270 e. The van der Waals surface area contributed by atoms with Gasteiger partial charge in [0.15, 0.2) is 6.61 Å². The van der Waals surface area contributed by atoms with Crippen molar-refractivity contribution in [1.82, 2.24) is 9.80 Å². The van der Waals surface area contributed by atoms with E-state index >= 15 is 0 Å². The summed E-state index contributed by atoms with van der Waals surface area (Å²) >= 11 is 3.37. The Morgan fingerprint density at radius 3 is 2.37 bits per heavy atom. The van der Waals surface area contributed by atoms with Crippen LogP contribution in [0.4, 0.5) is 4.39 Å². The Bertz CT molecular complexity index is 1190. The second-order valence-electron chi connectivity index (χ2n) is 9.64. The van der Waals surface area contributed by atoms with Gasteiger partial charge in [0.25, 0.3) is 16.0 Å². The summed E-state index contributed by atoms with van der Waals surface area (Å²) in [6.07, 6.45) is 0.0236. The molecule has 7 nitrogen and oxygen atoms in total. The van der Waals surface area contributed by atoms with Gasteiger partial charge in [-0.3, -0.25) is 14.2 Å². The largest absolute Gasteiger partial charge is 0.483 e. The highest BCUT2D eigenvalue weighted by Crippen LogP contribution is 2.30. The van der Waals surface area contributed by atoms with Crippen molar-refractivity contribution in [1.29, 1.82) is 0 Å². The third kappa shape index (κ3) is 7.03. The fraction of sp³-hybridized carbons (Fsp3) is 0.480. The highest BCUT2D eigenvalue weighted by atomic mass is 79.9. The molecular weight excluding hydrogens is 539 g/mol. The van der Waals surface area contributed by atoms with Gasteiger partial charge in [-0.2, -0.15) is 8.42 Å². The summed E-state index contributed by atoms with van der Waals surface area (Å²) in [5, 5.41) is 0. The Labute approximate surface area is 215 Å². The molecule has 1 amide bonds. The monoisotopic (exact) mass is 570 g/mol. The fourth-order valence-corrected chi connectivity index (χ4v) is 4.76. The van der Waals surface area contributed by atoms with E-state index in [1.807, 2.05) is 13.0 Å². The first-order valence-electron chi connectivity index (χ1n) is 11.4. The van der Waals surface area contributed by atoms with Gasteiger partial charge in [-0.25, -0.2) is 4.39 Å². The van der Waals surface area contributed by atoms with Gasteiger partial charge in [0.05, 0.1) is 4.75 Å². The summed E-state index contributed by atoms with van der Waals surface area (Å²) in [5.74, 6) is 0.0533. The summed E-state index contributed by atoms with van der Waals surface area (Å²) in [6, 6.07) is 8.61. The van der Waals surface area contributed by atoms with E-state index in [9.17, 15) is 22.2 Å². The van der Waals surface area contributed by atoms with Gasteiger partial charge < -0.3 is 9.64 Å². The molecular formula is C25H32BrFN2O5S. The molecule has 1 fully saturated rings. The standard InChI is InChI=1S/C25H32BrFN2O5S/c1-17-12-22(27)18(2)11-20(17)15-28-7-9-29(10-8-28)24(30)16-34-23-6-5-21(26)13-19(23)14-25(3,4)35(31,32)33/h5-6,11-13H,7-10,14-16H2,1-4H3,(H,31,32,33). The maximum absolute atomic E-state index is 13.7. The molecule has 0 radical (unpaired) electrons. The molecule has 10 heteroatoms. The van der Waals surface area contributed by atoms with Gasteiger partial charge in [0.1, 0.15) is 11.6 Å². The third-order valence-corrected chi connectivity index (χ3v) is 8.46. The number of hydrogen-bond acceptors (Lipinski definition) is 5. The molecule has 1 N–H and O–H groups in total. The Balaban J connectivity index is 1.57. The smallest absolute Gasteiger partial charge is 0.270 e. The molecule has 192 valence electrons. The number of amides is 1. The van der Waals surface area contributed by atoms with Crippen LogP contribution in [0, 0.1) is 19.7 Å². The Kier molecular flexibility index (Phi) is 8.62. The Morgan fingerprint density at radius 1 is 1.09 bits per heavy atom. The number of nitrogens with zero attached hydrogens (tertiary/aromatic N) is 2.